The van der Waals surface area contributed by atoms with E-state index in [1.54, 1.807) is 12.1 Å². The van der Waals surface area contributed by atoms with Crippen molar-refractivity contribution >= 4 is 11.9 Å². The summed E-state index contributed by atoms with van der Waals surface area (Å²) in [4.78, 5) is 22.3. The Kier molecular flexibility index (Phi) is 4.06. The van der Waals surface area contributed by atoms with E-state index in [-0.39, 0.29) is 17.1 Å². The number of nitriles is 1. The highest BCUT2D eigenvalue weighted by Gasteiger charge is 2.18. The second-order valence-corrected chi connectivity index (χ2v) is 3.19. The van der Waals surface area contributed by atoms with Gasteiger partial charge < -0.3 is 10.8 Å². The number of hydrogen-bond donors (Lipinski definition) is 2. The van der Waals surface area contributed by atoms with E-state index in [4.69, 9.17) is 16.1 Å². The number of phenols is 1. The molecule has 0 atom stereocenters. The molecule has 17 heavy (non-hydrogen) atoms. The van der Waals surface area contributed by atoms with E-state index in [1.165, 1.54) is 24.7 Å². The van der Waals surface area contributed by atoms with Crippen LogP contribution in [0, 0.1) is 17.9 Å². The van der Waals surface area contributed by atoms with Gasteiger partial charge in [-0.2, -0.15) is 10.2 Å². The van der Waals surface area contributed by atoms with Crippen LogP contribution in [0.4, 0.5) is 4.79 Å². The van der Waals surface area contributed by atoms with Crippen LogP contribution in [-0.2, 0) is 11.2 Å². The maximum Gasteiger partial charge on any atom is 0.335 e. The monoisotopic (exact) mass is 232 g/mol. The average Bonchev–Trinajstić information content (AvgIpc) is 2.28. The molecule has 0 saturated heterocycles. The summed E-state index contributed by atoms with van der Waals surface area (Å²) >= 11 is 0. The van der Waals surface area contributed by atoms with Gasteiger partial charge in [-0.1, -0.05) is 12.1 Å². The van der Waals surface area contributed by atoms with Crippen LogP contribution < -0.4 is 5.73 Å². The molecule has 0 heterocycles. The highest BCUT2D eigenvalue weighted by atomic mass is 16.3. The highest BCUT2D eigenvalue weighted by Crippen LogP contribution is 2.11. The lowest BCUT2D eigenvalue weighted by molar-refractivity contribution is -0.122. The van der Waals surface area contributed by atoms with Crippen LogP contribution in [0.25, 0.3) is 0 Å². The molecule has 1 radical (unpaired) electrons. The number of rotatable bonds is 3. The van der Waals surface area contributed by atoms with Crippen LogP contribution in [0.15, 0.2) is 24.3 Å². The smallest absolute Gasteiger partial charge is 0.335 e. The zero-order chi connectivity index (χ0) is 12.8. The van der Waals surface area contributed by atoms with E-state index in [1.807, 2.05) is 0 Å². The number of urea groups is 1. The summed E-state index contributed by atoms with van der Waals surface area (Å²) in [7, 11) is 0. The number of carbonyl (C=O) groups excluding carboxylic acids is 2. The number of carbonyl (C=O) groups is 2. The molecule has 1 aromatic carbocycles. The van der Waals surface area contributed by atoms with E-state index < -0.39 is 11.9 Å². The van der Waals surface area contributed by atoms with Crippen LogP contribution in [0.3, 0.4) is 0 Å². The molecule has 6 nitrogen and oxygen atoms in total. The van der Waals surface area contributed by atoms with Crippen molar-refractivity contribution in [3.8, 4) is 11.9 Å². The molecule has 0 fully saturated rings. The van der Waals surface area contributed by atoms with Gasteiger partial charge >= 0.3 is 6.03 Å². The van der Waals surface area contributed by atoms with Gasteiger partial charge in [0.05, 0.1) is 6.42 Å². The first-order valence-electron chi connectivity index (χ1n) is 4.69. The molecule has 87 valence electrons. The first kappa shape index (κ1) is 12.5. The van der Waals surface area contributed by atoms with E-state index in [9.17, 15) is 9.59 Å². The first-order chi connectivity index (χ1) is 8.04. The minimum absolute atomic E-state index is 0.121. The van der Waals surface area contributed by atoms with E-state index in [0.29, 0.717) is 0 Å². The number of benzene rings is 1. The molecule has 0 saturated carbocycles. The largest absolute Gasteiger partial charge is 0.508 e. The fraction of sp³-hybridized carbons (Fsp3) is 0.0909. The topological polar surface area (TPSA) is 107 Å². The number of nitrogens with zero attached hydrogens (tertiary/aromatic N) is 2. The molecule has 6 heteroatoms. The SMILES string of the molecule is N#CN(C(N)=O)C(=O)[CH]Cc1ccc(O)cc1. The fourth-order valence-corrected chi connectivity index (χ4v) is 1.14. The van der Waals surface area contributed by atoms with Crippen LogP contribution in [-0.4, -0.2) is 21.9 Å². The lowest BCUT2D eigenvalue weighted by Gasteiger charge is -2.07. The summed E-state index contributed by atoms with van der Waals surface area (Å²) in [5, 5.41) is 17.5. The Morgan fingerprint density at radius 3 is 2.47 bits per heavy atom. The van der Waals surface area contributed by atoms with Crippen LogP contribution in [0.2, 0.25) is 0 Å². The van der Waals surface area contributed by atoms with Gasteiger partial charge in [-0.05, 0) is 24.1 Å². The van der Waals surface area contributed by atoms with Crippen LogP contribution >= 0.6 is 0 Å². The quantitative estimate of drug-likeness (QED) is 0.585. The molecular weight excluding hydrogens is 222 g/mol. The maximum atomic E-state index is 11.4. The third-order valence-corrected chi connectivity index (χ3v) is 1.99. The van der Waals surface area contributed by atoms with E-state index >= 15 is 0 Å². The fourth-order valence-electron chi connectivity index (χ4n) is 1.14. The van der Waals surface area contributed by atoms with Crippen molar-refractivity contribution < 1.29 is 14.7 Å². The molecule has 0 spiro atoms. The second kappa shape index (κ2) is 5.51. The summed E-state index contributed by atoms with van der Waals surface area (Å²) in [6, 6.07) is 5.09. The maximum absolute atomic E-state index is 11.4. The van der Waals surface area contributed by atoms with Gasteiger partial charge in [0.2, 0.25) is 5.91 Å². The highest BCUT2D eigenvalue weighted by molar-refractivity contribution is 5.99. The number of hydrogen-bond acceptors (Lipinski definition) is 4. The van der Waals surface area contributed by atoms with Crippen molar-refractivity contribution in [3.05, 3.63) is 36.2 Å². The minimum Gasteiger partial charge on any atom is -0.508 e. The molecule has 0 bridgehead atoms. The Hall–Kier alpha value is -2.55. The second-order valence-electron chi connectivity index (χ2n) is 3.19. The molecule has 0 aromatic heterocycles. The summed E-state index contributed by atoms with van der Waals surface area (Å²) in [5.41, 5.74) is 5.59. The Morgan fingerprint density at radius 1 is 1.41 bits per heavy atom. The number of nitrogens with two attached hydrogens (primary N) is 1. The van der Waals surface area contributed by atoms with Crippen molar-refractivity contribution in [1.82, 2.24) is 4.90 Å². The number of imide groups is 1. The Bertz CT molecular complexity index is 462. The molecule has 3 N–H and O–H groups in total. The molecule has 0 unspecified atom stereocenters. The Labute approximate surface area is 97.9 Å². The Morgan fingerprint density at radius 2 is 2.00 bits per heavy atom. The lowest BCUT2D eigenvalue weighted by atomic mass is 10.1. The molecule has 1 aromatic rings. The van der Waals surface area contributed by atoms with Crippen molar-refractivity contribution in [2.75, 3.05) is 0 Å². The number of phenolic OH excluding ortho intramolecular Hbond substituents is 1. The van der Waals surface area contributed by atoms with Gasteiger partial charge in [-0.15, -0.1) is 0 Å². The third kappa shape index (κ3) is 3.50. The number of primary amides is 1. The first-order valence-corrected chi connectivity index (χ1v) is 4.69. The van der Waals surface area contributed by atoms with Crippen molar-refractivity contribution in [2.24, 2.45) is 5.73 Å². The van der Waals surface area contributed by atoms with E-state index in [2.05, 4.69) is 0 Å². The van der Waals surface area contributed by atoms with Crippen molar-refractivity contribution in [2.45, 2.75) is 6.42 Å². The molecular formula is C11H10N3O3. The average molecular weight is 232 g/mol. The summed E-state index contributed by atoms with van der Waals surface area (Å²) in [6.07, 6.45) is 2.79. The summed E-state index contributed by atoms with van der Waals surface area (Å²) < 4.78 is 0. The van der Waals surface area contributed by atoms with Crippen LogP contribution in [0.1, 0.15) is 5.56 Å². The molecule has 0 aliphatic rings. The minimum atomic E-state index is -1.11. The number of amides is 3. The van der Waals surface area contributed by atoms with E-state index in [0.717, 1.165) is 5.56 Å². The lowest BCUT2D eigenvalue weighted by Crippen LogP contribution is -2.37. The van der Waals surface area contributed by atoms with Gasteiger partial charge in [0.1, 0.15) is 5.75 Å². The van der Waals surface area contributed by atoms with Gasteiger partial charge in [-0.25, -0.2) is 4.79 Å². The number of aromatic hydroxyl groups is 1. The third-order valence-electron chi connectivity index (χ3n) is 1.99. The predicted molar refractivity (Wildman–Crippen MR) is 58.2 cm³/mol. The van der Waals surface area contributed by atoms with Gasteiger partial charge in [0, 0.05) is 0 Å². The molecule has 0 aliphatic carbocycles. The molecule has 0 aliphatic heterocycles. The van der Waals surface area contributed by atoms with Gasteiger partial charge in [0.15, 0.2) is 6.19 Å². The van der Waals surface area contributed by atoms with Crippen LogP contribution in [0.5, 0.6) is 5.75 Å². The molecule has 1 rings (SSSR count). The van der Waals surface area contributed by atoms with Gasteiger partial charge in [0.25, 0.3) is 0 Å². The predicted octanol–water partition coefficient (Wildman–Crippen LogP) is 0.527. The Balaban J connectivity index is 2.57. The summed E-state index contributed by atoms with van der Waals surface area (Å²) in [5.74, 6) is -0.649. The molecule has 3 amide bonds. The standard InChI is InChI=1S/C11H10N3O3/c12-7-14(11(13)17)10(16)6-3-8-1-4-9(15)5-2-8/h1-2,4-6,15H,3H2,(H2,13,17). The zero-order valence-electron chi connectivity index (χ0n) is 8.83. The summed E-state index contributed by atoms with van der Waals surface area (Å²) in [6.45, 7) is 0. The van der Waals surface area contributed by atoms with Crippen molar-refractivity contribution in [1.29, 1.82) is 5.26 Å². The zero-order valence-corrected chi connectivity index (χ0v) is 8.83. The normalized spacial score (nSPS) is 9.35. The van der Waals surface area contributed by atoms with Gasteiger partial charge in [-0.3, -0.25) is 4.79 Å². The van der Waals surface area contributed by atoms with Crippen molar-refractivity contribution in [3.63, 3.8) is 0 Å².